The molecule has 0 fully saturated rings. The average Bonchev–Trinajstić information content (AvgIpc) is 2.28. The van der Waals surface area contributed by atoms with Gasteiger partial charge in [0, 0.05) is 6.54 Å². The molecule has 0 aliphatic carbocycles. The van der Waals surface area contributed by atoms with Gasteiger partial charge in [-0.05, 0) is 5.56 Å². The van der Waals surface area contributed by atoms with E-state index in [0.717, 1.165) is 5.56 Å². The number of ether oxygens (including phenoxy) is 1. The van der Waals surface area contributed by atoms with E-state index in [1.54, 1.807) is 0 Å². The molecule has 1 aromatic carbocycles. The highest BCUT2D eigenvalue weighted by atomic mass is 16.5. The predicted molar refractivity (Wildman–Crippen MR) is 54.9 cm³/mol. The van der Waals surface area contributed by atoms with Gasteiger partial charge in [-0.25, -0.2) is 4.79 Å². The van der Waals surface area contributed by atoms with Crippen molar-refractivity contribution in [3.63, 3.8) is 0 Å². The summed E-state index contributed by atoms with van der Waals surface area (Å²) < 4.78 is 4.92. The Morgan fingerprint density at radius 3 is 2.80 bits per heavy atom. The number of alkyl carbamates (subject to hydrolysis) is 1. The largest absolute Gasteiger partial charge is 0.445 e. The van der Waals surface area contributed by atoms with Gasteiger partial charge in [0.05, 0.1) is 12.5 Å². The van der Waals surface area contributed by atoms with Crippen LogP contribution >= 0.6 is 0 Å². The molecule has 0 saturated carbocycles. The number of rotatable bonds is 4. The summed E-state index contributed by atoms with van der Waals surface area (Å²) in [5.74, 6) is 0. The Hall–Kier alpha value is -2.02. The number of benzene rings is 1. The van der Waals surface area contributed by atoms with Crippen LogP contribution < -0.4 is 5.32 Å². The average molecular weight is 204 g/mol. The summed E-state index contributed by atoms with van der Waals surface area (Å²) in [5, 5.41) is 10.7. The van der Waals surface area contributed by atoms with E-state index >= 15 is 0 Å². The molecule has 0 aromatic heterocycles. The van der Waals surface area contributed by atoms with Crippen molar-refractivity contribution in [1.82, 2.24) is 5.32 Å². The lowest BCUT2D eigenvalue weighted by molar-refractivity contribution is 0.140. The van der Waals surface area contributed by atoms with Gasteiger partial charge in [0.25, 0.3) is 0 Å². The maximum Gasteiger partial charge on any atom is 0.407 e. The van der Waals surface area contributed by atoms with Crippen molar-refractivity contribution < 1.29 is 9.53 Å². The van der Waals surface area contributed by atoms with Crippen molar-refractivity contribution in [2.24, 2.45) is 0 Å². The monoisotopic (exact) mass is 204 g/mol. The van der Waals surface area contributed by atoms with Gasteiger partial charge in [0.1, 0.15) is 6.61 Å². The highest BCUT2D eigenvalue weighted by molar-refractivity contribution is 5.67. The molecule has 4 nitrogen and oxygen atoms in total. The summed E-state index contributed by atoms with van der Waals surface area (Å²) in [6.45, 7) is 0.573. The number of hydrogen-bond acceptors (Lipinski definition) is 3. The minimum Gasteiger partial charge on any atom is -0.445 e. The number of nitrogens with zero attached hydrogens (tertiary/aromatic N) is 1. The lowest BCUT2D eigenvalue weighted by atomic mass is 10.2. The van der Waals surface area contributed by atoms with Crippen LogP contribution in [0.25, 0.3) is 0 Å². The van der Waals surface area contributed by atoms with E-state index in [0.29, 0.717) is 13.0 Å². The predicted octanol–water partition coefficient (Wildman–Crippen LogP) is 1.83. The van der Waals surface area contributed by atoms with Gasteiger partial charge in [0.15, 0.2) is 0 Å². The second-order valence-electron chi connectivity index (χ2n) is 2.90. The van der Waals surface area contributed by atoms with Crippen molar-refractivity contribution in [3.05, 3.63) is 35.9 Å². The molecule has 15 heavy (non-hydrogen) atoms. The molecule has 1 amide bonds. The number of amides is 1. The minimum atomic E-state index is -0.492. The summed E-state index contributed by atoms with van der Waals surface area (Å²) in [6, 6.07) is 11.3. The highest BCUT2D eigenvalue weighted by Crippen LogP contribution is 2.00. The van der Waals surface area contributed by atoms with E-state index in [4.69, 9.17) is 10.00 Å². The summed E-state index contributed by atoms with van der Waals surface area (Å²) in [5.41, 5.74) is 0.938. The Kier molecular flexibility index (Phi) is 4.74. The number of nitriles is 1. The zero-order valence-electron chi connectivity index (χ0n) is 8.27. The fraction of sp³-hybridized carbons (Fsp3) is 0.273. The lowest BCUT2D eigenvalue weighted by Crippen LogP contribution is -2.24. The first-order chi connectivity index (χ1) is 7.33. The molecule has 0 aliphatic rings. The lowest BCUT2D eigenvalue weighted by Gasteiger charge is -2.05. The second kappa shape index (κ2) is 6.44. The molecule has 1 aromatic rings. The maximum atomic E-state index is 11.0. The fourth-order valence-corrected chi connectivity index (χ4v) is 0.995. The number of carbonyl (C=O) groups excluding carboxylic acids is 1. The third-order valence-corrected chi connectivity index (χ3v) is 1.72. The van der Waals surface area contributed by atoms with Crippen LogP contribution in [0.2, 0.25) is 0 Å². The van der Waals surface area contributed by atoms with E-state index in [-0.39, 0.29) is 6.61 Å². The zero-order valence-corrected chi connectivity index (χ0v) is 8.27. The quantitative estimate of drug-likeness (QED) is 0.761. The van der Waals surface area contributed by atoms with E-state index in [9.17, 15) is 4.79 Å². The topological polar surface area (TPSA) is 62.1 Å². The third-order valence-electron chi connectivity index (χ3n) is 1.72. The second-order valence-corrected chi connectivity index (χ2v) is 2.90. The summed E-state index contributed by atoms with van der Waals surface area (Å²) >= 11 is 0. The fourth-order valence-electron chi connectivity index (χ4n) is 0.995. The first kappa shape index (κ1) is 11.1. The van der Waals surface area contributed by atoms with E-state index in [1.807, 2.05) is 36.4 Å². The molecular weight excluding hydrogens is 192 g/mol. The molecule has 0 radical (unpaired) electrons. The van der Waals surface area contributed by atoms with Gasteiger partial charge in [0.2, 0.25) is 0 Å². The minimum absolute atomic E-state index is 0.249. The van der Waals surface area contributed by atoms with Crippen molar-refractivity contribution in [2.45, 2.75) is 13.0 Å². The molecular formula is C11H12N2O2. The van der Waals surface area contributed by atoms with Crippen LogP contribution in [0.1, 0.15) is 12.0 Å². The summed E-state index contributed by atoms with van der Waals surface area (Å²) in [7, 11) is 0. The molecule has 0 atom stereocenters. The molecule has 0 unspecified atom stereocenters. The van der Waals surface area contributed by atoms with Crippen molar-refractivity contribution in [2.75, 3.05) is 6.54 Å². The summed E-state index contributed by atoms with van der Waals surface area (Å²) in [4.78, 5) is 11.0. The van der Waals surface area contributed by atoms with Crippen LogP contribution in [-0.4, -0.2) is 12.6 Å². The van der Waals surface area contributed by atoms with Gasteiger partial charge in [-0.15, -0.1) is 0 Å². The van der Waals surface area contributed by atoms with E-state index in [1.165, 1.54) is 0 Å². The third kappa shape index (κ3) is 4.67. The van der Waals surface area contributed by atoms with Gasteiger partial charge in [-0.3, -0.25) is 0 Å². The van der Waals surface area contributed by atoms with Crippen LogP contribution in [-0.2, 0) is 11.3 Å². The summed E-state index contributed by atoms with van der Waals surface area (Å²) in [6.07, 6.45) is -0.199. The molecule has 0 spiro atoms. The molecule has 78 valence electrons. The Balaban J connectivity index is 2.20. The molecule has 1 rings (SSSR count). The molecule has 4 heteroatoms. The highest BCUT2D eigenvalue weighted by Gasteiger charge is 2.00. The smallest absolute Gasteiger partial charge is 0.407 e. The Morgan fingerprint density at radius 1 is 1.40 bits per heavy atom. The number of nitrogens with one attached hydrogen (secondary N) is 1. The van der Waals surface area contributed by atoms with Crippen molar-refractivity contribution >= 4 is 6.09 Å². The molecule has 0 saturated heterocycles. The van der Waals surface area contributed by atoms with Gasteiger partial charge < -0.3 is 10.1 Å². The van der Waals surface area contributed by atoms with Crippen LogP contribution in [0, 0.1) is 11.3 Å². The maximum absolute atomic E-state index is 11.0. The van der Waals surface area contributed by atoms with E-state index < -0.39 is 6.09 Å². The molecule has 0 heterocycles. The Morgan fingerprint density at radius 2 is 2.13 bits per heavy atom. The Labute approximate surface area is 88.5 Å². The number of carbonyl (C=O) groups is 1. The van der Waals surface area contributed by atoms with Gasteiger partial charge in [-0.1, -0.05) is 30.3 Å². The van der Waals surface area contributed by atoms with Gasteiger partial charge in [-0.2, -0.15) is 5.26 Å². The normalized spacial score (nSPS) is 9.00. The van der Waals surface area contributed by atoms with Crippen molar-refractivity contribution in [3.8, 4) is 6.07 Å². The SMILES string of the molecule is N#CCCNC(=O)OCc1ccccc1. The zero-order chi connectivity index (χ0) is 10.9. The molecule has 0 aliphatic heterocycles. The molecule has 1 N–H and O–H groups in total. The van der Waals surface area contributed by atoms with Crippen LogP contribution in [0.4, 0.5) is 4.79 Å². The van der Waals surface area contributed by atoms with Crippen molar-refractivity contribution in [1.29, 1.82) is 5.26 Å². The van der Waals surface area contributed by atoms with Crippen LogP contribution in [0.3, 0.4) is 0 Å². The van der Waals surface area contributed by atoms with Crippen LogP contribution in [0.15, 0.2) is 30.3 Å². The first-order valence-electron chi connectivity index (χ1n) is 4.64. The molecule has 0 bridgehead atoms. The first-order valence-corrected chi connectivity index (χ1v) is 4.64. The Bertz CT molecular complexity index is 343. The number of hydrogen-bond donors (Lipinski definition) is 1. The van der Waals surface area contributed by atoms with E-state index in [2.05, 4.69) is 5.32 Å². The standard InChI is InChI=1S/C11H12N2O2/c12-7-4-8-13-11(14)15-9-10-5-2-1-3-6-10/h1-3,5-6H,4,8-9H2,(H,13,14). The van der Waals surface area contributed by atoms with Crippen LogP contribution in [0.5, 0.6) is 0 Å². The van der Waals surface area contributed by atoms with Gasteiger partial charge >= 0.3 is 6.09 Å².